The van der Waals surface area contributed by atoms with Crippen LogP contribution in [0.15, 0.2) is 36.8 Å². The van der Waals surface area contributed by atoms with Crippen LogP contribution < -0.4 is 15.4 Å². The summed E-state index contributed by atoms with van der Waals surface area (Å²) in [6, 6.07) is 8.52. The SMILES string of the molecule is COc1ccc(Cn2c(NC3CCNCC3)nc3cncnc32)cc1.O. The first-order valence-corrected chi connectivity index (χ1v) is 8.60. The van der Waals surface area contributed by atoms with E-state index in [2.05, 4.69) is 37.3 Å². The predicted molar refractivity (Wildman–Crippen MR) is 101 cm³/mol. The Bertz CT molecular complexity index is 843. The summed E-state index contributed by atoms with van der Waals surface area (Å²) in [6.45, 7) is 2.77. The number of aromatic nitrogens is 4. The lowest BCUT2D eigenvalue weighted by molar-refractivity contribution is 0.414. The molecule has 3 aromatic rings. The molecule has 2 aromatic heterocycles. The molecule has 1 aliphatic heterocycles. The van der Waals surface area contributed by atoms with Gasteiger partial charge in [0.2, 0.25) is 5.95 Å². The molecule has 3 heterocycles. The number of nitrogens with one attached hydrogen (secondary N) is 2. The van der Waals surface area contributed by atoms with Crippen molar-refractivity contribution in [2.45, 2.75) is 25.4 Å². The van der Waals surface area contributed by atoms with E-state index in [1.165, 1.54) is 5.56 Å². The van der Waals surface area contributed by atoms with Crippen LogP contribution in [0, 0.1) is 0 Å². The van der Waals surface area contributed by atoms with Crippen molar-refractivity contribution in [3.8, 4) is 5.75 Å². The summed E-state index contributed by atoms with van der Waals surface area (Å²) < 4.78 is 7.37. The maximum absolute atomic E-state index is 5.24. The number of anilines is 1. The molecule has 1 saturated heterocycles. The molecule has 138 valence electrons. The van der Waals surface area contributed by atoms with E-state index in [-0.39, 0.29) is 5.48 Å². The van der Waals surface area contributed by atoms with Crippen LogP contribution in [-0.4, -0.2) is 51.2 Å². The van der Waals surface area contributed by atoms with Crippen LogP contribution in [0.5, 0.6) is 5.75 Å². The average molecular weight is 356 g/mol. The zero-order valence-corrected chi connectivity index (χ0v) is 14.8. The third kappa shape index (κ3) is 3.76. The number of hydrogen-bond acceptors (Lipinski definition) is 6. The Kier molecular flexibility index (Phi) is 5.65. The fourth-order valence-corrected chi connectivity index (χ4v) is 3.20. The summed E-state index contributed by atoms with van der Waals surface area (Å²) in [5.41, 5.74) is 2.83. The second-order valence-corrected chi connectivity index (χ2v) is 6.27. The zero-order valence-electron chi connectivity index (χ0n) is 14.8. The first kappa shape index (κ1) is 18.1. The number of benzene rings is 1. The maximum atomic E-state index is 5.24. The Hall–Kier alpha value is -2.71. The van der Waals surface area contributed by atoms with Gasteiger partial charge in [-0.05, 0) is 43.6 Å². The molecular weight excluding hydrogens is 332 g/mol. The smallest absolute Gasteiger partial charge is 0.205 e. The second-order valence-electron chi connectivity index (χ2n) is 6.27. The van der Waals surface area contributed by atoms with Crippen molar-refractivity contribution >= 4 is 17.1 Å². The van der Waals surface area contributed by atoms with Gasteiger partial charge < -0.3 is 20.8 Å². The number of rotatable bonds is 5. The molecule has 8 nitrogen and oxygen atoms in total. The fraction of sp³-hybridized carbons (Fsp3) is 0.389. The molecule has 0 unspecified atom stereocenters. The largest absolute Gasteiger partial charge is 0.497 e. The molecule has 0 saturated carbocycles. The van der Waals surface area contributed by atoms with Gasteiger partial charge in [0.25, 0.3) is 0 Å². The van der Waals surface area contributed by atoms with Crippen LogP contribution >= 0.6 is 0 Å². The summed E-state index contributed by atoms with van der Waals surface area (Å²) in [4.78, 5) is 13.3. The zero-order chi connectivity index (χ0) is 17.1. The Morgan fingerprint density at radius 2 is 2.00 bits per heavy atom. The third-order valence-corrected chi connectivity index (χ3v) is 4.58. The van der Waals surface area contributed by atoms with Gasteiger partial charge in [-0.1, -0.05) is 12.1 Å². The van der Waals surface area contributed by atoms with E-state index >= 15 is 0 Å². The van der Waals surface area contributed by atoms with Gasteiger partial charge in [0.15, 0.2) is 5.65 Å². The Morgan fingerprint density at radius 3 is 2.73 bits per heavy atom. The highest BCUT2D eigenvalue weighted by molar-refractivity contribution is 5.73. The molecule has 0 spiro atoms. The van der Waals surface area contributed by atoms with E-state index in [1.807, 2.05) is 12.1 Å². The first-order chi connectivity index (χ1) is 12.3. The number of hydrogen-bond donors (Lipinski definition) is 2. The minimum Gasteiger partial charge on any atom is -0.497 e. The molecule has 4 N–H and O–H groups in total. The lowest BCUT2D eigenvalue weighted by atomic mass is 10.1. The molecule has 1 aromatic carbocycles. The highest BCUT2D eigenvalue weighted by Crippen LogP contribution is 2.22. The number of imidazole rings is 1. The van der Waals surface area contributed by atoms with Crippen LogP contribution in [0.1, 0.15) is 18.4 Å². The maximum Gasteiger partial charge on any atom is 0.205 e. The summed E-state index contributed by atoms with van der Waals surface area (Å²) in [5, 5.41) is 6.99. The van der Waals surface area contributed by atoms with Crippen molar-refractivity contribution in [3.05, 3.63) is 42.4 Å². The van der Waals surface area contributed by atoms with Crippen molar-refractivity contribution in [1.82, 2.24) is 24.8 Å². The van der Waals surface area contributed by atoms with Gasteiger partial charge in [-0.15, -0.1) is 0 Å². The summed E-state index contributed by atoms with van der Waals surface area (Å²) in [7, 11) is 1.68. The molecule has 0 aliphatic carbocycles. The van der Waals surface area contributed by atoms with Crippen molar-refractivity contribution in [2.24, 2.45) is 0 Å². The number of ether oxygens (including phenoxy) is 1. The molecular formula is C18H24N6O2. The lowest BCUT2D eigenvalue weighted by Crippen LogP contribution is -2.36. The van der Waals surface area contributed by atoms with E-state index in [9.17, 15) is 0 Å². The van der Waals surface area contributed by atoms with E-state index < -0.39 is 0 Å². The average Bonchev–Trinajstić information content (AvgIpc) is 3.00. The molecule has 1 aliphatic rings. The minimum absolute atomic E-state index is 0. The Labute approximate surface area is 151 Å². The van der Waals surface area contributed by atoms with Crippen LogP contribution in [0.4, 0.5) is 5.95 Å². The van der Waals surface area contributed by atoms with Gasteiger partial charge in [0.05, 0.1) is 19.9 Å². The molecule has 0 amide bonds. The number of methoxy groups -OCH3 is 1. The van der Waals surface area contributed by atoms with Crippen LogP contribution in [0.25, 0.3) is 11.2 Å². The summed E-state index contributed by atoms with van der Waals surface area (Å²) >= 11 is 0. The monoisotopic (exact) mass is 356 g/mol. The number of nitrogens with zero attached hydrogens (tertiary/aromatic N) is 4. The van der Waals surface area contributed by atoms with Crippen molar-refractivity contribution in [2.75, 3.05) is 25.5 Å². The molecule has 26 heavy (non-hydrogen) atoms. The summed E-state index contributed by atoms with van der Waals surface area (Å²) in [5.74, 6) is 1.72. The predicted octanol–water partition coefficient (Wildman–Crippen LogP) is 1.22. The van der Waals surface area contributed by atoms with E-state index in [0.29, 0.717) is 12.6 Å². The van der Waals surface area contributed by atoms with E-state index in [4.69, 9.17) is 9.72 Å². The van der Waals surface area contributed by atoms with Crippen molar-refractivity contribution < 1.29 is 10.2 Å². The van der Waals surface area contributed by atoms with E-state index in [0.717, 1.165) is 48.8 Å². The highest BCUT2D eigenvalue weighted by atomic mass is 16.5. The minimum atomic E-state index is 0. The highest BCUT2D eigenvalue weighted by Gasteiger charge is 2.18. The normalized spacial score (nSPS) is 14.8. The molecule has 0 bridgehead atoms. The lowest BCUT2D eigenvalue weighted by Gasteiger charge is -2.24. The number of piperidine rings is 1. The van der Waals surface area contributed by atoms with Gasteiger partial charge in [-0.25, -0.2) is 15.0 Å². The van der Waals surface area contributed by atoms with Gasteiger partial charge in [-0.2, -0.15) is 0 Å². The Morgan fingerprint density at radius 1 is 1.23 bits per heavy atom. The van der Waals surface area contributed by atoms with Crippen molar-refractivity contribution in [1.29, 1.82) is 0 Å². The molecule has 0 atom stereocenters. The molecule has 0 radical (unpaired) electrons. The Balaban J connectivity index is 0.00000196. The molecule has 8 heteroatoms. The first-order valence-electron chi connectivity index (χ1n) is 8.60. The van der Waals surface area contributed by atoms with Crippen LogP contribution in [0.3, 0.4) is 0 Å². The standard InChI is InChI=1S/C18H22N6O.H2O/c1-25-15-4-2-13(3-5-15)11-24-17-16(10-20-12-21-17)23-18(24)22-14-6-8-19-9-7-14;/h2-5,10,12,14,19H,6-9,11H2,1H3,(H,22,23);1H2. The molecule has 1 fully saturated rings. The topological polar surface area (TPSA) is 108 Å². The quantitative estimate of drug-likeness (QED) is 0.712. The van der Waals surface area contributed by atoms with Crippen LogP contribution in [-0.2, 0) is 6.54 Å². The van der Waals surface area contributed by atoms with E-state index in [1.54, 1.807) is 19.6 Å². The van der Waals surface area contributed by atoms with Gasteiger partial charge in [0, 0.05) is 6.04 Å². The van der Waals surface area contributed by atoms with Crippen molar-refractivity contribution in [3.63, 3.8) is 0 Å². The van der Waals surface area contributed by atoms with Gasteiger partial charge in [-0.3, -0.25) is 4.57 Å². The summed E-state index contributed by atoms with van der Waals surface area (Å²) in [6.07, 6.45) is 5.53. The third-order valence-electron chi connectivity index (χ3n) is 4.58. The van der Waals surface area contributed by atoms with Crippen LogP contribution in [0.2, 0.25) is 0 Å². The fourth-order valence-electron chi connectivity index (χ4n) is 3.20. The number of fused-ring (bicyclic) bond motifs is 1. The van der Waals surface area contributed by atoms with Gasteiger partial charge >= 0.3 is 0 Å². The second kappa shape index (κ2) is 8.11. The van der Waals surface area contributed by atoms with Gasteiger partial charge in [0.1, 0.15) is 17.6 Å². The molecule has 4 rings (SSSR count).